The Morgan fingerprint density at radius 3 is 3.11 bits per heavy atom. The number of hydrogen-bond acceptors (Lipinski definition) is 4. The lowest BCUT2D eigenvalue weighted by Crippen LogP contribution is -2.52. The average Bonchev–Trinajstić information content (AvgIpc) is 2.92. The molecule has 1 aromatic heterocycles. The van der Waals surface area contributed by atoms with Gasteiger partial charge in [0.25, 0.3) is 0 Å². The lowest BCUT2D eigenvalue weighted by Gasteiger charge is -2.39. The minimum Gasteiger partial charge on any atom is -0.350 e. The topological polar surface area (TPSA) is 58.4 Å². The number of thiophene rings is 1. The van der Waals surface area contributed by atoms with E-state index in [0.717, 1.165) is 12.8 Å². The van der Waals surface area contributed by atoms with Gasteiger partial charge in [-0.2, -0.15) is 0 Å². The first-order valence-electron chi connectivity index (χ1n) is 6.95. The Morgan fingerprint density at radius 2 is 2.42 bits per heavy atom. The second-order valence-electron chi connectivity index (χ2n) is 5.20. The maximum atomic E-state index is 12.0. The smallest absolute Gasteiger partial charge is 0.234 e. The Bertz CT molecular complexity index is 393. The minimum absolute atomic E-state index is 0.0978. The van der Waals surface area contributed by atoms with Crippen LogP contribution in [0.3, 0.4) is 0 Å². The normalized spacial score (nSPS) is 24.3. The third kappa shape index (κ3) is 4.03. The molecule has 1 aliphatic heterocycles. The van der Waals surface area contributed by atoms with Crippen molar-refractivity contribution in [3.63, 3.8) is 0 Å². The third-order valence-corrected chi connectivity index (χ3v) is 4.71. The number of carbonyl (C=O) groups excluding carboxylic acids is 1. The highest BCUT2D eigenvalue weighted by Crippen LogP contribution is 2.21. The highest BCUT2D eigenvalue weighted by atomic mass is 32.1. The second kappa shape index (κ2) is 7.03. The van der Waals surface area contributed by atoms with Crippen LogP contribution in [-0.4, -0.2) is 36.0 Å². The molecule has 1 aromatic rings. The van der Waals surface area contributed by atoms with Crippen molar-refractivity contribution in [3.05, 3.63) is 22.4 Å². The summed E-state index contributed by atoms with van der Waals surface area (Å²) in [6, 6.07) is 4.85. The molecular weight excluding hydrogens is 258 g/mol. The van der Waals surface area contributed by atoms with Gasteiger partial charge in [0, 0.05) is 23.5 Å². The van der Waals surface area contributed by atoms with Crippen LogP contribution in [0.25, 0.3) is 0 Å². The van der Waals surface area contributed by atoms with Crippen molar-refractivity contribution >= 4 is 17.2 Å². The van der Waals surface area contributed by atoms with Gasteiger partial charge in [-0.1, -0.05) is 12.5 Å². The van der Waals surface area contributed by atoms with Crippen LogP contribution < -0.4 is 11.1 Å². The zero-order valence-corrected chi connectivity index (χ0v) is 12.3. The molecule has 4 nitrogen and oxygen atoms in total. The number of hydrogen-bond donors (Lipinski definition) is 2. The molecule has 2 heterocycles. The van der Waals surface area contributed by atoms with E-state index in [0.29, 0.717) is 31.7 Å². The standard InChI is InChI=1S/C14H23N3OS/c1-11-4-2-5-12(8-15)17(11)10-14(18)16-9-13-6-3-7-19-13/h3,6-7,11-12H,2,4-5,8-10,15H2,1H3,(H,16,18). The molecule has 0 aromatic carbocycles. The van der Waals surface area contributed by atoms with E-state index in [1.807, 2.05) is 17.5 Å². The summed E-state index contributed by atoms with van der Waals surface area (Å²) < 4.78 is 0. The zero-order valence-electron chi connectivity index (χ0n) is 11.5. The van der Waals surface area contributed by atoms with E-state index < -0.39 is 0 Å². The van der Waals surface area contributed by atoms with Crippen molar-refractivity contribution in [2.75, 3.05) is 13.1 Å². The van der Waals surface area contributed by atoms with Crippen molar-refractivity contribution in [1.29, 1.82) is 0 Å². The molecule has 5 heteroatoms. The third-order valence-electron chi connectivity index (χ3n) is 3.83. The van der Waals surface area contributed by atoms with E-state index in [-0.39, 0.29) is 5.91 Å². The van der Waals surface area contributed by atoms with Crippen LogP contribution in [0.15, 0.2) is 17.5 Å². The number of nitrogens with one attached hydrogen (secondary N) is 1. The summed E-state index contributed by atoms with van der Waals surface area (Å²) >= 11 is 1.67. The predicted molar refractivity (Wildman–Crippen MR) is 79.0 cm³/mol. The summed E-state index contributed by atoms with van der Waals surface area (Å²) in [6.45, 7) is 3.93. The summed E-state index contributed by atoms with van der Waals surface area (Å²) in [5.74, 6) is 0.0978. The predicted octanol–water partition coefficient (Wildman–Crippen LogP) is 1.57. The molecule has 1 amide bonds. The lowest BCUT2D eigenvalue weighted by molar-refractivity contribution is -0.124. The summed E-state index contributed by atoms with van der Waals surface area (Å²) in [5, 5.41) is 5.01. The van der Waals surface area contributed by atoms with E-state index in [2.05, 4.69) is 17.1 Å². The maximum absolute atomic E-state index is 12.0. The molecule has 0 saturated carbocycles. The van der Waals surface area contributed by atoms with Crippen LogP contribution in [0.2, 0.25) is 0 Å². The van der Waals surface area contributed by atoms with Crippen LogP contribution >= 0.6 is 11.3 Å². The Labute approximate surface area is 119 Å². The van der Waals surface area contributed by atoms with E-state index >= 15 is 0 Å². The molecular formula is C14H23N3OS. The van der Waals surface area contributed by atoms with Crippen LogP contribution in [0.4, 0.5) is 0 Å². The monoisotopic (exact) mass is 281 g/mol. The van der Waals surface area contributed by atoms with Crippen molar-refractivity contribution in [3.8, 4) is 0 Å². The molecule has 0 radical (unpaired) electrons. The van der Waals surface area contributed by atoms with Crippen LogP contribution in [-0.2, 0) is 11.3 Å². The lowest BCUT2D eigenvalue weighted by atomic mass is 9.96. The Hall–Kier alpha value is -0.910. The van der Waals surface area contributed by atoms with Gasteiger partial charge in [0.1, 0.15) is 0 Å². The van der Waals surface area contributed by atoms with E-state index in [4.69, 9.17) is 5.73 Å². The van der Waals surface area contributed by atoms with Crippen molar-refractivity contribution in [1.82, 2.24) is 10.2 Å². The molecule has 2 atom stereocenters. The molecule has 3 N–H and O–H groups in total. The Kier molecular flexibility index (Phi) is 5.36. The number of amides is 1. The number of nitrogens with two attached hydrogens (primary N) is 1. The molecule has 0 spiro atoms. The summed E-state index contributed by atoms with van der Waals surface area (Å²) in [4.78, 5) is 15.5. The zero-order chi connectivity index (χ0) is 13.7. The van der Waals surface area contributed by atoms with Crippen LogP contribution in [0.1, 0.15) is 31.1 Å². The van der Waals surface area contributed by atoms with Gasteiger partial charge >= 0.3 is 0 Å². The summed E-state index contributed by atoms with van der Waals surface area (Å²) in [6.07, 6.45) is 3.49. The van der Waals surface area contributed by atoms with Crippen LogP contribution in [0.5, 0.6) is 0 Å². The number of carbonyl (C=O) groups is 1. The highest BCUT2D eigenvalue weighted by Gasteiger charge is 2.28. The second-order valence-corrected chi connectivity index (χ2v) is 6.23. The number of rotatable bonds is 5. The molecule has 2 rings (SSSR count). The average molecular weight is 281 g/mol. The van der Waals surface area contributed by atoms with Gasteiger partial charge in [0.15, 0.2) is 0 Å². The quantitative estimate of drug-likeness (QED) is 0.861. The van der Waals surface area contributed by atoms with Gasteiger partial charge in [0.05, 0.1) is 13.1 Å². The van der Waals surface area contributed by atoms with E-state index in [1.54, 1.807) is 11.3 Å². The molecule has 1 aliphatic rings. The SMILES string of the molecule is CC1CCCC(CN)N1CC(=O)NCc1cccs1. The van der Waals surface area contributed by atoms with Crippen molar-refractivity contribution in [2.45, 2.75) is 44.8 Å². The molecule has 106 valence electrons. The highest BCUT2D eigenvalue weighted by molar-refractivity contribution is 7.09. The van der Waals surface area contributed by atoms with Gasteiger partial charge in [0.2, 0.25) is 5.91 Å². The summed E-state index contributed by atoms with van der Waals surface area (Å²) in [5.41, 5.74) is 5.81. The first-order valence-corrected chi connectivity index (χ1v) is 7.83. The van der Waals surface area contributed by atoms with Gasteiger partial charge in [-0.3, -0.25) is 9.69 Å². The largest absolute Gasteiger partial charge is 0.350 e. The fourth-order valence-corrected chi connectivity index (χ4v) is 3.34. The molecule has 1 fully saturated rings. The summed E-state index contributed by atoms with van der Waals surface area (Å²) in [7, 11) is 0. The fraction of sp³-hybridized carbons (Fsp3) is 0.643. The van der Waals surface area contributed by atoms with Crippen molar-refractivity contribution in [2.24, 2.45) is 5.73 Å². The van der Waals surface area contributed by atoms with Crippen LogP contribution in [0, 0.1) is 0 Å². The first kappa shape index (κ1) is 14.5. The van der Waals surface area contributed by atoms with Gasteiger partial charge in [-0.15, -0.1) is 11.3 Å². The first-order chi connectivity index (χ1) is 9.20. The Balaban J connectivity index is 1.82. The number of piperidine rings is 1. The molecule has 19 heavy (non-hydrogen) atoms. The van der Waals surface area contributed by atoms with Gasteiger partial charge < -0.3 is 11.1 Å². The minimum atomic E-state index is 0.0978. The molecule has 0 aliphatic carbocycles. The number of nitrogens with zero attached hydrogens (tertiary/aromatic N) is 1. The number of likely N-dealkylation sites (tertiary alicyclic amines) is 1. The maximum Gasteiger partial charge on any atom is 0.234 e. The Morgan fingerprint density at radius 1 is 1.58 bits per heavy atom. The molecule has 0 bridgehead atoms. The van der Waals surface area contributed by atoms with E-state index in [1.165, 1.54) is 11.3 Å². The van der Waals surface area contributed by atoms with E-state index in [9.17, 15) is 4.79 Å². The fourth-order valence-electron chi connectivity index (χ4n) is 2.70. The van der Waals surface area contributed by atoms with Gasteiger partial charge in [-0.25, -0.2) is 0 Å². The molecule has 1 saturated heterocycles. The van der Waals surface area contributed by atoms with Crippen molar-refractivity contribution < 1.29 is 4.79 Å². The molecule has 2 unspecified atom stereocenters. The van der Waals surface area contributed by atoms with Gasteiger partial charge in [-0.05, 0) is 31.2 Å².